The summed E-state index contributed by atoms with van der Waals surface area (Å²) in [5.74, 6) is 0.560. The fourth-order valence-electron chi connectivity index (χ4n) is 2.97. The van der Waals surface area contributed by atoms with Gasteiger partial charge in [0.1, 0.15) is 0 Å². The topological polar surface area (TPSA) is 120 Å². The Balaban J connectivity index is 2.55. The van der Waals surface area contributed by atoms with Crippen molar-refractivity contribution in [2.24, 2.45) is 0 Å². The molecule has 9 nitrogen and oxygen atoms in total. The quantitative estimate of drug-likeness (QED) is 0.243. The first-order valence-corrected chi connectivity index (χ1v) is 12.4. The molecule has 0 spiro atoms. The molecular formula is C21H33N2O7P. The number of benzene rings is 1. The molecule has 10 heteroatoms. The van der Waals surface area contributed by atoms with Gasteiger partial charge >= 0.3 is 7.60 Å². The van der Waals surface area contributed by atoms with Crippen molar-refractivity contribution in [2.45, 2.75) is 58.9 Å². The van der Waals surface area contributed by atoms with Gasteiger partial charge in [-0.3, -0.25) is 4.57 Å². The van der Waals surface area contributed by atoms with Gasteiger partial charge in [-0.1, -0.05) is 32.8 Å². The van der Waals surface area contributed by atoms with E-state index in [1.165, 1.54) is 12.1 Å². The van der Waals surface area contributed by atoms with Crippen molar-refractivity contribution in [3.05, 3.63) is 23.8 Å². The van der Waals surface area contributed by atoms with Gasteiger partial charge in [-0.25, -0.2) is 9.97 Å². The highest BCUT2D eigenvalue weighted by molar-refractivity contribution is 7.52. The third kappa shape index (κ3) is 6.14. The summed E-state index contributed by atoms with van der Waals surface area (Å²) >= 11 is 0. The lowest BCUT2D eigenvalue weighted by Gasteiger charge is -2.33. The molecule has 0 saturated heterocycles. The molecule has 0 saturated carbocycles. The van der Waals surface area contributed by atoms with E-state index in [1.807, 2.05) is 0 Å². The number of aromatic nitrogens is 2. The maximum absolute atomic E-state index is 12.4. The van der Waals surface area contributed by atoms with Crippen molar-refractivity contribution in [3.8, 4) is 11.8 Å². The summed E-state index contributed by atoms with van der Waals surface area (Å²) in [7, 11) is -4.85. The first kappa shape index (κ1) is 25.5. The van der Waals surface area contributed by atoms with E-state index in [0.717, 1.165) is 25.7 Å². The number of fused-ring (bicyclic) bond motifs is 1. The first-order chi connectivity index (χ1) is 14.8. The average Bonchev–Trinajstić information content (AvgIpc) is 2.73. The van der Waals surface area contributed by atoms with Crippen molar-refractivity contribution in [1.82, 2.24) is 9.97 Å². The summed E-state index contributed by atoms with van der Waals surface area (Å²) in [5.41, 5.74) is -1.16. The van der Waals surface area contributed by atoms with Crippen LogP contribution < -0.4 is 9.47 Å². The molecule has 2 aromatic rings. The zero-order valence-corrected chi connectivity index (χ0v) is 19.6. The molecule has 0 radical (unpaired) electrons. The highest BCUT2D eigenvalue weighted by Crippen LogP contribution is 2.58. The monoisotopic (exact) mass is 456 g/mol. The van der Waals surface area contributed by atoms with Crippen LogP contribution in [0, 0.1) is 0 Å². The lowest BCUT2D eigenvalue weighted by molar-refractivity contribution is -0.192. The molecule has 1 aromatic heterocycles. The molecule has 0 amide bonds. The van der Waals surface area contributed by atoms with Crippen LogP contribution in [0.4, 0.5) is 0 Å². The predicted octanol–water partition coefficient (Wildman–Crippen LogP) is 4.35. The van der Waals surface area contributed by atoms with Crippen LogP contribution in [0.5, 0.6) is 11.8 Å². The van der Waals surface area contributed by atoms with Gasteiger partial charge in [0.05, 0.1) is 24.2 Å². The second-order valence-corrected chi connectivity index (χ2v) is 8.61. The molecule has 1 aromatic carbocycles. The molecule has 2 rings (SSSR count). The third-order valence-electron chi connectivity index (χ3n) is 4.50. The van der Waals surface area contributed by atoms with Crippen LogP contribution in [0.25, 0.3) is 11.0 Å². The SMILES string of the molecule is CCCCOc1nc2ccc(C(OCC)(OCC)P(=O)(O)O)cc2nc1OCCCC. The second kappa shape index (κ2) is 11.7. The van der Waals surface area contributed by atoms with E-state index in [0.29, 0.717) is 30.1 Å². The summed E-state index contributed by atoms with van der Waals surface area (Å²) < 4.78 is 34.9. The van der Waals surface area contributed by atoms with Crippen molar-refractivity contribution >= 4 is 18.6 Å². The Morgan fingerprint density at radius 1 is 0.871 bits per heavy atom. The van der Waals surface area contributed by atoms with E-state index in [1.54, 1.807) is 19.9 Å². The van der Waals surface area contributed by atoms with Crippen molar-refractivity contribution in [2.75, 3.05) is 26.4 Å². The fourth-order valence-corrected chi connectivity index (χ4v) is 4.04. The first-order valence-electron chi connectivity index (χ1n) is 10.7. The summed E-state index contributed by atoms with van der Waals surface area (Å²) in [6.07, 6.45) is 3.67. The van der Waals surface area contributed by atoms with E-state index < -0.39 is 13.1 Å². The van der Waals surface area contributed by atoms with Gasteiger partial charge in [-0.2, -0.15) is 0 Å². The maximum Gasteiger partial charge on any atom is 0.389 e. The third-order valence-corrected chi connectivity index (χ3v) is 5.79. The molecule has 0 atom stereocenters. The predicted molar refractivity (Wildman–Crippen MR) is 117 cm³/mol. The molecule has 31 heavy (non-hydrogen) atoms. The molecule has 0 fully saturated rings. The summed E-state index contributed by atoms with van der Waals surface area (Å²) in [5, 5.41) is 0. The smallest absolute Gasteiger partial charge is 0.389 e. The molecule has 0 aliphatic rings. The van der Waals surface area contributed by atoms with Gasteiger partial charge in [0.2, 0.25) is 0 Å². The Labute approximate surface area is 183 Å². The van der Waals surface area contributed by atoms with Gasteiger partial charge in [-0.05, 0) is 38.8 Å². The number of ether oxygens (including phenoxy) is 4. The normalized spacial score (nSPS) is 12.3. The lowest BCUT2D eigenvalue weighted by Crippen LogP contribution is -2.33. The number of unbranched alkanes of at least 4 members (excludes halogenated alkanes) is 2. The van der Waals surface area contributed by atoms with Crippen LogP contribution in [0.2, 0.25) is 0 Å². The van der Waals surface area contributed by atoms with Gasteiger partial charge in [0, 0.05) is 18.8 Å². The lowest BCUT2D eigenvalue weighted by atomic mass is 10.1. The minimum Gasteiger partial charge on any atom is -0.474 e. The van der Waals surface area contributed by atoms with Gasteiger partial charge in [0.25, 0.3) is 17.3 Å². The Bertz CT molecular complexity index is 881. The zero-order valence-electron chi connectivity index (χ0n) is 18.7. The minimum absolute atomic E-state index is 0.0460. The second-order valence-electron chi connectivity index (χ2n) is 6.93. The Kier molecular flexibility index (Phi) is 9.65. The van der Waals surface area contributed by atoms with E-state index in [4.69, 9.17) is 18.9 Å². The number of nitrogens with zero attached hydrogens (tertiary/aromatic N) is 2. The van der Waals surface area contributed by atoms with Gasteiger partial charge < -0.3 is 28.7 Å². The standard InChI is InChI=1S/C21H33N2O7P/c1-5-9-13-27-19-20(28-14-10-6-2)23-18-15-16(11-12-17(18)22-19)21(29-7-3,30-8-4)31(24,25)26/h11-12,15H,5-10,13-14H2,1-4H3,(H2,24,25,26). The average molecular weight is 456 g/mol. The van der Waals surface area contributed by atoms with E-state index in [2.05, 4.69) is 23.8 Å². The molecule has 2 N–H and O–H groups in total. The Morgan fingerprint density at radius 2 is 1.39 bits per heavy atom. The number of hydrogen-bond acceptors (Lipinski definition) is 7. The van der Waals surface area contributed by atoms with Crippen LogP contribution in [-0.4, -0.2) is 46.2 Å². The van der Waals surface area contributed by atoms with Crippen molar-refractivity contribution in [3.63, 3.8) is 0 Å². The Hall–Kier alpha value is -1.77. The van der Waals surface area contributed by atoms with E-state index >= 15 is 0 Å². The number of hydrogen-bond donors (Lipinski definition) is 2. The fraction of sp³-hybridized carbons (Fsp3) is 0.619. The highest BCUT2D eigenvalue weighted by Gasteiger charge is 2.51. The van der Waals surface area contributed by atoms with Gasteiger partial charge in [0.15, 0.2) is 0 Å². The highest BCUT2D eigenvalue weighted by atomic mass is 31.2. The van der Waals surface area contributed by atoms with Crippen molar-refractivity contribution in [1.29, 1.82) is 0 Å². The molecular weight excluding hydrogens is 423 g/mol. The van der Waals surface area contributed by atoms with E-state index in [-0.39, 0.29) is 24.7 Å². The zero-order chi connectivity index (χ0) is 22.9. The van der Waals surface area contributed by atoms with Crippen LogP contribution in [0.15, 0.2) is 18.2 Å². The molecule has 0 aliphatic heterocycles. The van der Waals surface area contributed by atoms with Crippen molar-refractivity contribution < 1.29 is 33.3 Å². The van der Waals surface area contributed by atoms with E-state index in [9.17, 15) is 14.4 Å². The van der Waals surface area contributed by atoms with Crippen LogP contribution >= 0.6 is 7.60 Å². The minimum atomic E-state index is -4.85. The molecule has 174 valence electrons. The van der Waals surface area contributed by atoms with Crippen LogP contribution in [0.3, 0.4) is 0 Å². The summed E-state index contributed by atoms with van der Waals surface area (Å²) in [4.78, 5) is 29.2. The summed E-state index contributed by atoms with van der Waals surface area (Å²) in [6, 6.07) is 4.65. The summed E-state index contributed by atoms with van der Waals surface area (Å²) in [6.45, 7) is 8.46. The number of rotatable bonds is 14. The molecule has 0 unspecified atom stereocenters. The largest absolute Gasteiger partial charge is 0.474 e. The Morgan fingerprint density at radius 3 is 1.84 bits per heavy atom. The molecule has 0 aliphatic carbocycles. The van der Waals surface area contributed by atoms with Gasteiger partial charge in [-0.15, -0.1) is 0 Å². The van der Waals surface area contributed by atoms with Crippen LogP contribution in [0.1, 0.15) is 58.9 Å². The molecule has 0 bridgehead atoms. The maximum atomic E-state index is 12.4. The van der Waals surface area contributed by atoms with Crippen LogP contribution in [-0.2, 0) is 19.6 Å². The molecule has 1 heterocycles.